The van der Waals surface area contributed by atoms with Crippen molar-refractivity contribution >= 4 is 23.1 Å². The van der Waals surface area contributed by atoms with E-state index in [4.69, 9.17) is 4.74 Å². The Labute approximate surface area is 123 Å². The van der Waals surface area contributed by atoms with E-state index in [-0.39, 0.29) is 11.8 Å². The van der Waals surface area contributed by atoms with Gasteiger partial charge in [-0.25, -0.2) is 4.98 Å². The maximum absolute atomic E-state index is 11.6. The summed E-state index contributed by atoms with van der Waals surface area (Å²) in [5.74, 6) is 1.66. The van der Waals surface area contributed by atoms with Gasteiger partial charge in [0.15, 0.2) is 0 Å². The molecule has 1 aromatic carbocycles. The Hall–Kier alpha value is -2.56. The van der Waals surface area contributed by atoms with Gasteiger partial charge in [0.2, 0.25) is 5.91 Å². The Morgan fingerprint density at radius 1 is 1.14 bits per heavy atom. The molecule has 0 radical (unpaired) electrons. The van der Waals surface area contributed by atoms with Crippen LogP contribution in [0.25, 0.3) is 0 Å². The van der Waals surface area contributed by atoms with E-state index in [1.807, 2.05) is 30.3 Å². The smallest absolute Gasteiger partial charge is 0.228 e. The lowest BCUT2D eigenvalue weighted by Crippen LogP contribution is -2.14. The molecule has 5 nitrogen and oxygen atoms in total. The average molecular weight is 283 g/mol. The molecule has 5 heteroatoms. The van der Waals surface area contributed by atoms with Crippen molar-refractivity contribution in [2.24, 2.45) is 5.92 Å². The highest BCUT2D eigenvalue weighted by Gasteiger charge is 2.29. The number of carbonyl (C=O) groups excluding carboxylic acids is 1. The zero-order valence-electron chi connectivity index (χ0n) is 11.8. The number of nitrogens with zero attached hydrogens (tertiary/aromatic N) is 1. The highest BCUT2D eigenvalue weighted by molar-refractivity contribution is 5.93. The van der Waals surface area contributed by atoms with Crippen molar-refractivity contribution < 1.29 is 9.53 Å². The van der Waals surface area contributed by atoms with Crippen LogP contribution in [0.5, 0.6) is 5.75 Å². The first-order chi connectivity index (χ1) is 10.2. The number of pyridine rings is 1. The molecule has 0 atom stereocenters. The van der Waals surface area contributed by atoms with Crippen LogP contribution in [0.2, 0.25) is 0 Å². The molecule has 0 aliphatic heterocycles. The minimum atomic E-state index is 0.0679. The topological polar surface area (TPSA) is 63.2 Å². The number of ether oxygens (including phenoxy) is 1. The van der Waals surface area contributed by atoms with Gasteiger partial charge in [-0.1, -0.05) is 0 Å². The lowest BCUT2D eigenvalue weighted by atomic mass is 10.3. The SMILES string of the molecule is COc1ccc(Nc2ccc(NC(=O)C3CC3)nc2)cc1. The Morgan fingerprint density at radius 3 is 2.43 bits per heavy atom. The molecule has 1 amide bonds. The van der Waals surface area contributed by atoms with Crippen LogP contribution in [-0.4, -0.2) is 18.0 Å². The van der Waals surface area contributed by atoms with Crippen LogP contribution in [0.1, 0.15) is 12.8 Å². The monoisotopic (exact) mass is 283 g/mol. The fourth-order valence-corrected chi connectivity index (χ4v) is 1.96. The molecule has 3 rings (SSSR count). The second-order valence-corrected chi connectivity index (χ2v) is 5.05. The number of anilines is 3. The summed E-state index contributed by atoms with van der Waals surface area (Å²) in [5, 5.41) is 6.06. The number of carbonyl (C=O) groups is 1. The molecule has 2 aromatic rings. The van der Waals surface area contributed by atoms with Gasteiger partial charge in [0.1, 0.15) is 11.6 Å². The van der Waals surface area contributed by atoms with Gasteiger partial charge in [0.25, 0.3) is 0 Å². The minimum Gasteiger partial charge on any atom is -0.497 e. The lowest BCUT2D eigenvalue weighted by molar-refractivity contribution is -0.117. The largest absolute Gasteiger partial charge is 0.497 e. The average Bonchev–Trinajstić information content (AvgIpc) is 3.35. The second-order valence-electron chi connectivity index (χ2n) is 5.05. The molecule has 1 aromatic heterocycles. The maximum atomic E-state index is 11.6. The van der Waals surface area contributed by atoms with E-state index in [0.717, 1.165) is 30.0 Å². The molecular formula is C16H17N3O2. The molecular weight excluding hydrogens is 266 g/mol. The number of hydrogen-bond donors (Lipinski definition) is 2. The van der Waals surface area contributed by atoms with Crippen molar-refractivity contribution in [1.82, 2.24) is 4.98 Å². The van der Waals surface area contributed by atoms with Crippen LogP contribution in [-0.2, 0) is 4.79 Å². The fourth-order valence-electron chi connectivity index (χ4n) is 1.96. The third kappa shape index (κ3) is 3.51. The molecule has 0 bridgehead atoms. The van der Waals surface area contributed by atoms with Crippen molar-refractivity contribution in [3.05, 3.63) is 42.6 Å². The molecule has 108 valence electrons. The number of nitrogens with one attached hydrogen (secondary N) is 2. The molecule has 2 N–H and O–H groups in total. The zero-order valence-corrected chi connectivity index (χ0v) is 11.8. The summed E-state index contributed by atoms with van der Waals surface area (Å²) in [6, 6.07) is 11.3. The second kappa shape index (κ2) is 5.83. The van der Waals surface area contributed by atoms with Gasteiger partial charge in [-0.15, -0.1) is 0 Å². The third-order valence-electron chi connectivity index (χ3n) is 3.34. The zero-order chi connectivity index (χ0) is 14.7. The first kappa shape index (κ1) is 13.4. The Morgan fingerprint density at radius 2 is 1.86 bits per heavy atom. The molecule has 0 spiro atoms. The van der Waals surface area contributed by atoms with E-state index in [1.165, 1.54) is 0 Å². The van der Waals surface area contributed by atoms with Gasteiger partial charge in [-0.2, -0.15) is 0 Å². The fraction of sp³-hybridized carbons (Fsp3) is 0.250. The number of benzene rings is 1. The van der Waals surface area contributed by atoms with E-state index in [9.17, 15) is 4.79 Å². The van der Waals surface area contributed by atoms with Gasteiger partial charge in [0.05, 0.1) is 19.0 Å². The first-order valence-corrected chi connectivity index (χ1v) is 6.92. The molecule has 21 heavy (non-hydrogen) atoms. The Kier molecular flexibility index (Phi) is 3.73. The molecule has 1 aliphatic rings. The maximum Gasteiger partial charge on any atom is 0.228 e. The Bertz CT molecular complexity index is 619. The van der Waals surface area contributed by atoms with Crippen molar-refractivity contribution in [3.8, 4) is 5.75 Å². The van der Waals surface area contributed by atoms with Gasteiger partial charge in [-0.05, 0) is 49.2 Å². The van der Waals surface area contributed by atoms with Crippen molar-refractivity contribution in [3.63, 3.8) is 0 Å². The quantitative estimate of drug-likeness (QED) is 0.884. The van der Waals surface area contributed by atoms with Crippen LogP contribution in [0.3, 0.4) is 0 Å². The summed E-state index contributed by atoms with van der Waals surface area (Å²) in [4.78, 5) is 15.9. The molecule has 0 unspecified atom stereocenters. The summed E-state index contributed by atoms with van der Waals surface area (Å²) in [6.45, 7) is 0. The number of hydrogen-bond acceptors (Lipinski definition) is 4. The van der Waals surface area contributed by atoms with Crippen LogP contribution < -0.4 is 15.4 Å². The summed E-state index contributed by atoms with van der Waals surface area (Å²) >= 11 is 0. The van der Waals surface area contributed by atoms with Crippen molar-refractivity contribution in [1.29, 1.82) is 0 Å². The number of amides is 1. The third-order valence-corrected chi connectivity index (χ3v) is 3.34. The molecule has 1 heterocycles. The molecule has 1 aliphatic carbocycles. The number of rotatable bonds is 5. The Balaban J connectivity index is 1.61. The van der Waals surface area contributed by atoms with Crippen molar-refractivity contribution in [2.45, 2.75) is 12.8 Å². The van der Waals surface area contributed by atoms with Gasteiger partial charge >= 0.3 is 0 Å². The summed E-state index contributed by atoms with van der Waals surface area (Å²) in [5.41, 5.74) is 1.82. The normalized spacial score (nSPS) is 13.6. The minimum absolute atomic E-state index is 0.0679. The van der Waals surface area contributed by atoms with Gasteiger partial charge < -0.3 is 15.4 Å². The van der Waals surface area contributed by atoms with Crippen LogP contribution >= 0.6 is 0 Å². The van der Waals surface area contributed by atoms with Gasteiger partial charge in [0, 0.05) is 11.6 Å². The summed E-state index contributed by atoms with van der Waals surface area (Å²) in [7, 11) is 1.64. The van der Waals surface area contributed by atoms with Crippen LogP contribution in [0, 0.1) is 5.92 Å². The van der Waals surface area contributed by atoms with Crippen molar-refractivity contribution in [2.75, 3.05) is 17.7 Å². The highest BCUT2D eigenvalue weighted by Crippen LogP contribution is 2.30. The lowest BCUT2D eigenvalue weighted by Gasteiger charge is -2.08. The predicted octanol–water partition coefficient (Wildman–Crippen LogP) is 3.18. The highest BCUT2D eigenvalue weighted by atomic mass is 16.5. The standard InChI is InChI=1S/C16H17N3O2/c1-21-14-7-4-12(5-8-14)18-13-6-9-15(17-10-13)19-16(20)11-2-3-11/h4-11,18H,2-3H2,1H3,(H,17,19,20). The molecule has 1 saturated carbocycles. The first-order valence-electron chi connectivity index (χ1n) is 6.92. The van der Waals surface area contributed by atoms with E-state index < -0.39 is 0 Å². The van der Waals surface area contributed by atoms with Gasteiger partial charge in [-0.3, -0.25) is 4.79 Å². The van der Waals surface area contributed by atoms with Crippen LogP contribution in [0.15, 0.2) is 42.6 Å². The number of methoxy groups -OCH3 is 1. The van der Waals surface area contributed by atoms with E-state index in [0.29, 0.717) is 5.82 Å². The molecule has 0 saturated heterocycles. The van der Waals surface area contributed by atoms with E-state index in [2.05, 4.69) is 15.6 Å². The van der Waals surface area contributed by atoms with E-state index >= 15 is 0 Å². The number of aromatic nitrogens is 1. The molecule has 1 fully saturated rings. The summed E-state index contributed by atoms with van der Waals surface area (Å²) in [6.07, 6.45) is 3.68. The predicted molar refractivity (Wildman–Crippen MR) is 81.9 cm³/mol. The van der Waals surface area contributed by atoms with E-state index in [1.54, 1.807) is 19.4 Å². The summed E-state index contributed by atoms with van der Waals surface area (Å²) < 4.78 is 5.12. The van der Waals surface area contributed by atoms with Crippen LogP contribution in [0.4, 0.5) is 17.2 Å².